The Morgan fingerprint density at radius 2 is 2.38 bits per heavy atom. The summed E-state index contributed by atoms with van der Waals surface area (Å²) in [6.45, 7) is 2.41. The van der Waals surface area contributed by atoms with Crippen LogP contribution in [-0.4, -0.2) is 36.9 Å². The summed E-state index contributed by atoms with van der Waals surface area (Å²) in [7, 11) is 0. The summed E-state index contributed by atoms with van der Waals surface area (Å²) in [5.41, 5.74) is 0. The fraction of sp³-hybridized carbons (Fsp3) is 1.00. The second-order valence-corrected chi connectivity index (χ2v) is 3.75. The Hall–Kier alpha value is -0.160. The highest BCUT2D eigenvalue weighted by atomic mass is 16.8. The molecule has 76 valence electrons. The third kappa shape index (κ3) is 2.40. The van der Waals surface area contributed by atoms with E-state index in [1.54, 1.807) is 0 Å². The van der Waals surface area contributed by atoms with Crippen molar-refractivity contribution in [2.24, 2.45) is 0 Å². The van der Waals surface area contributed by atoms with Gasteiger partial charge in [-0.3, -0.25) is 0 Å². The molecule has 2 N–H and O–H groups in total. The summed E-state index contributed by atoms with van der Waals surface area (Å²) in [4.78, 5) is 0. The molecule has 0 bridgehead atoms. The van der Waals surface area contributed by atoms with Crippen molar-refractivity contribution in [3.05, 3.63) is 0 Å². The molecule has 0 radical (unpaired) electrons. The highest BCUT2D eigenvalue weighted by molar-refractivity contribution is 4.74. The Balaban J connectivity index is 1.83. The molecule has 2 saturated heterocycles. The maximum Gasteiger partial charge on any atom is 0.280 e. The molecule has 4 nitrogen and oxygen atoms in total. The van der Waals surface area contributed by atoms with Crippen molar-refractivity contribution in [2.75, 3.05) is 19.7 Å². The third-order valence-corrected chi connectivity index (χ3v) is 2.58. The van der Waals surface area contributed by atoms with E-state index in [4.69, 9.17) is 9.47 Å². The average Bonchev–Trinajstić information content (AvgIpc) is 2.57. The lowest BCUT2D eigenvalue weighted by Gasteiger charge is -2.33. The van der Waals surface area contributed by atoms with Gasteiger partial charge in [-0.25, -0.2) is 0 Å². The molecule has 0 amide bonds. The van der Waals surface area contributed by atoms with Crippen LogP contribution in [0.25, 0.3) is 0 Å². The van der Waals surface area contributed by atoms with E-state index in [-0.39, 0.29) is 6.10 Å². The van der Waals surface area contributed by atoms with Gasteiger partial charge < -0.3 is 19.9 Å². The zero-order valence-corrected chi connectivity index (χ0v) is 7.79. The lowest BCUT2D eigenvalue weighted by Crippen LogP contribution is -2.42. The van der Waals surface area contributed by atoms with E-state index in [2.05, 4.69) is 5.32 Å². The maximum absolute atomic E-state index is 9.86. The summed E-state index contributed by atoms with van der Waals surface area (Å²) < 4.78 is 10.7. The number of rotatable bonds is 2. The highest BCUT2D eigenvalue weighted by Gasteiger charge is 2.35. The lowest BCUT2D eigenvalue weighted by atomic mass is 10.2. The van der Waals surface area contributed by atoms with E-state index in [1.165, 1.54) is 0 Å². The number of hydrogen-bond acceptors (Lipinski definition) is 4. The van der Waals surface area contributed by atoms with Gasteiger partial charge in [-0.15, -0.1) is 0 Å². The molecule has 2 fully saturated rings. The van der Waals surface area contributed by atoms with E-state index in [0.717, 1.165) is 32.4 Å². The van der Waals surface area contributed by atoms with Crippen molar-refractivity contribution in [1.82, 2.24) is 5.32 Å². The first-order chi connectivity index (χ1) is 6.29. The smallest absolute Gasteiger partial charge is 0.280 e. The molecular formula is C9H17NO3. The van der Waals surface area contributed by atoms with E-state index < -0.39 is 5.97 Å². The maximum atomic E-state index is 9.86. The van der Waals surface area contributed by atoms with Crippen LogP contribution in [0.15, 0.2) is 0 Å². The molecule has 0 aromatic carbocycles. The molecule has 0 saturated carbocycles. The first-order valence-electron chi connectivity index (χ1n) is 5.03. The van der Waals surface area contributed by atoms with Crippen molar-refractivity contribution < 1.29 is 14.6 Å². The van der Waals surface area contributed by atoms with E-state index in [9.17, 15) is 5.11 Å². The highest BCUT2D eigenvalue weighted by Crippen LogP contribution is 2.25. The number of aliphatic hydroxyl groups is 1. The molecule has 2 rings (SSSR count). The fourth-order valence-corrected chi connectivity index (χ4v) is 1.84. The minimum atomic E-state index is -1.30. The summed E-state index contributed by atoms with van der Waals surface area (Å²) in [6.07, 6.45) is 3.68. The van der Waals surface area contributed by atoms with E-state index in [1.807, 2.05) is 0 Å². The molecule has 0 aliphatic carbocycles. The Kier molecular flexibility index (Phi) is 2.83. The lowest BCUT2D eigenvalue weighted by molar-refractivity contribution is -0.385. The van der Waals surface area contributed by atoms with Crippen LogP contribution >= 0.6 is 0 Å². The fourth-order valence-electron chi connectivity index (χ4n) is 1.84. The van der Waals surface area contributed by atoms with Crippen LogP contribution in [0.3, 0.4) is 0 Å². The van der Waals surface area contributed by atoms with Crippen molar-refractivity contribution >= 4 is 0 Å². The Bertz CT molecular complexity index is 162. The standard InChI is InChI=1S/C9H17NO3/c11-9(4-1-2-6-12-9)13-8-3-5-10-7-8/h8,10-11H,1-7H2. The van der Waals surface area contributed by atoms with Crippen LogP contribution in [0.4, 0.5) is 0 Å². The third-order valence-electron chi connectivity index (χ3n) is 2.58. The molecule has 2 unspecified atom stereocenters. The predicted octanol–water partition coefficient (Wildman–Crippen LogP) is 0.211. The molecule has 0 aromatic rings. The molecule has 2 aliphatic rings. The van der Waals surface area contributed by atoms with Gasteiger partial charge in [0.2, 0.25) is 0 Å². The van der Waals surface area contributed by atoms with Crippen molar-refractivity contribution in [2.45, 2.75) is 37.8 Å². The summed E-state index contributed by atoms with van der Waals surface area (Å²) in [5.74, 6) is -1.30. The molecule has 0 aromatic heterocycles. The summed E-state index contributed by atoms with van der Waals surface area (Å²) in [5, 5.41) is 13.0. The normalized spacial score (nSPS) is 40.8. The van der Waals surface area contributed by atoms with E-state index in [0.29, 0.717) is 13.0 Å². The topological polar surface area (TPSA) is 50.7 Å². The van der Waals surface area contributed by atoms with E-state index >= 15 is 0 Å². The van der Waals surface area contributed by atoms with Crippen LogP contribution in [0.2, 0.25) is 0 Å². The van der Waals surface area contributed by atoms with Gasteiger partial charge in [0.25, 0.3) is 5.97 Å². The van der Waals surface area contributed by atoms with Crippen LogP contribution in [0.1, 0.15) is 25.7 Å². The van der Waals surface area contributed by atoms with Gasteiger partial charge in [-0.2, -0.15) is 0 Å². The van der Waals surface area contributed by atoms with Crippen LogP contribution in [0.5, 0.6) is 0 Å². The Morgan fingerprint density at radius 1 is 1.46 bits per heavy atom. The monoisotopic (exact) mass is 187 g/mol. The average molecular weight is 187 g/mol. The zero-order chi connectivity index (χ0) is 9.15. The summed E-state index contributed by atoms with van der Waals surface area (Å²) >= 11 is 0. The number of nitrogens with one attached hydrogen (secondary N) is 1. The molecular weight excluding hydrogens is 170 g/mol. The van der Waals surface area contributed by atoms with Crippen LogP contribution in [-0.2, 0) is 9.47 Å². The SMILES string of the molecule is OC1(OC2CCNC2)CCCCO1. The van der Waals surface area contributed by atoms with Gasteiger partial charge in [0, 0.05) is 13.0 Å². The molecule has 2 heterocycles. The van der Waals surface area contributed by atoms with Crippen molar-refractivity contribution in [3.63, 3.8) is 0 Å². The Labute approximate surface area is 78.2 Å². The van der Waals surface area contributed by atoms with Gasteiger partial charge in [-0.1, -0.05) is 0 Å². The quantitative estimate of drug-likeness (QED) is 0.607. The largest absolute Gasteiger partial charge is 0.343 e. The van der Waals surface area contributed by atoms with Crippen LogP contribution < -0.4 is 5.32 Å². The van der Waals surface area contributed by atoms with Crippen LogP contribution in [0, 0.1) is 0 Å². The summed E-state index contributed by atoms with van der Waals surface area (Å²) in [6, 6.07) is 0. The second-order valence-electron chi connectivity index (χ2n) is 3.75. The first kappa shape index (κ1) is 9.40. The molecule has 2 atom stereocenters. The van der Waals surface area contributed by atoms with Gasteiger partial charge in [0.15, 0.2) is 0 Å². The zero-order valence-electron chi connectivity index (χ0n) is 7.79. The van der Waals surface area contributed by atoms with Gasteiger partial charge >= 0.3 is 0 Å². The number of hydrogen-bond donors (Lipinski definition) is 2. The van der Waals surface area contributed by atoms with Crippen molar-refractivity contribution in [3.8, 4) is 0 Å². The molecule has 0 spiro atoms. The van der Waals surface area contributed by atoms with Gasteiger partial charge in [-0.05, 0) is 25.8 Å². The molecule has 2 aliphatic heterocycles. The van der Waals surface area contributed by atoms with Gasteiger partial charge in [0.1, 0.15) is 0 Å². The minimum Gasteiger partial charge on any atom is -0.343 e. The second kappa shape index (κ2) is 3.92. The number of ether oxygens (including phenoxy) is 2. The van der Waals surface area contributed by atoms with Gasteiger partial charge in [0.05, 0.1) is 12.7 Å². The van der Waals surface area contributed by atoms with Crippen molar-refractivity contribution in [1.29, 1.82) is 0 Å². The molecule has 13 heavy (non-hydrogen) atoms. The minimum absolute atomic E-state index is 0.114. The Morgan fingerprint density at radius 3 is 3.00 bits per heavy atom. The predicted molar refractivity (Wildman–Crippen MR) is 47.1 cm³/mol. The molecule has 4 heteroatoms. The first-order valence-corrected chi connectivity index (χ1v) is 5.03.